The SMILES string of the molecule is CCC(C)C(O)CCC1CCCCC1. The minimum absolute atomic E-state index is 0.0538. The summed E-state index contributed by atoms with van der Waals surface area (Å²) in [4.78, 5) is 0. The lowest BCUT2D eigenvalue weighted by Crippen LogP contribution is -2.18. The topological polar surface area (TPSA) is 20.2 Å². The Labute approximate surface area is 88.9 Å². The van der Waals surface area contributed by atoms with Gasteiger partial charge in [-0.25, -0.2) is 0 Å². The van der Waals surface area contributed by atoms with Gasteiger partial charge in [-0.05, 0) is 24.7 Å². The largest absolute Gasteiger partial charge is 0.393 e. The first-order chi connectivity index (χ1) is 6.74. The van der Waals surface area contributed by atoms with Crippen molar-refractivity contribution in [2.24, 2.45) is 11.8 Å². The maximum absolute atomic E-state index is 9.85. The average Bonchev–Trinajstić information content (AvgIpc) is 2.26. The van der Waals surface area contributed by atoms with Crippen LogP contribution in [0, 0.1) is 11.8 Å². The molecule has 0 spiro atoms. The van der Waals surface area contributed by atoms with Crippen LogP contribution in [0.1, 0.15) is 65.2 Å². The van der Waals surface area contributed by atoms with E-state index >= 15 is 0 Å². The summed E-state index contributed by atoms with van der Waals surface area (Å²) in [6, 6.07) is 0. The fourth-order valence-electron chi connectivity index (χ4n) is 2.44. The van der Waals surface area contributed by atoms with E-state index in [2.05, 4.69) is 13.8 Å². The van der Waals surface area contributed by atoms with Crippen LogP contribution in [0.3, 0.4) is 0 Å². The van der Waals surface area contributed by atoms with E-state index in [0.29, 0.717) is 5.92 Å². The van der Waals surface area contributed by atoms with Gasteiger partial charge in [-0.2, -0.15) is 0 Å². The Hall–Kier alpha value is -0.0400. The van der Waals surface area contributed by atoms with E-state index in [9.17, 15) is 5.11 Å². The summed E-state index contributed by atoms with van der Waals surface area (Å²) in [5, 5.41) is 9.85. The first kappa shape index (κ1) is 12.0. The summed E-state index contributed by atoms with van der Waals surface area (Å²) in [5.74, 6) is 1.40. The van der Waals surface area contributed by atoms with Gasteiger partial charge in [0.1, 0.15) is 0 Å². The van der Waals surface area contributed by atoms with E-state index in [1.165, 1.54) is 38.5 Å². The molecule has 0 saturated heterocycles. The first-order valence-electron chi connectivity index (χ1n) is 6.42. The second kappa shape index (κ2) is 6.44. The highest BCUT2D eigenvalue weighted by atomic mass is 16.3. The lowest BCUT2D eigenvalue weighted by Gasteiger charge is -2.24. The van der Waals surface area contributed by atoms with Crippen molar-refractivity contribution in [2.75, 3.05) is 0 Å². The minimum Gasteiger partial charge on any atom is -0.393 e. The van der Waals surface area contributed by atoms with Gasteiger partial charge >= 0.3 is 0 Å². The Morgan fingerprint density at radius 1 is 1.21 bits per heavy atom. The van der Waals surface area contributed by atoms with E-state index in [1.807, 2.05) is 0 Å². The fourth-order valence-corrected chi connectivity index (χ4v) is 2.44. The Morgan fingerprint density at radius 2 is 1.86 bits per heavy atom. The van der Waals surface area contributed by atoms with Crippen molar-refractivity contribution in [1.29, 1.82) is 0 Å². The van der Waals surface area contributed by atoms with Gasteiger partial charge in [-0.3, -0.25) is 0 Å². The van der Waals surface area contributed by atoms with Crippen LogP contribution in [0.5, 0.6) is 0 Å². The number of rotatable bonds is 5. The number of aliphatic hydroxyl groups excluding tert-OH is 1. The molecule has 0 aromatic heterocycles. The normalized spacial score (nSPS) is 23.4. The summed E-state index contributed by atoms with van der Waals surface area (Å²) in [5.41, 5.74) is 0. The van der Waals surface area contributed by atoms with Crippen molar-refractivity contribution >= 4 is 0 Å². The van der Waals surface area contributed by atoms with Gasteiger partial charge in [-0.15, -0.1) is 0 Å². The third-order valence-electron chi connectivity index (χ3n) is 3.90. The van der Waals surface area contributed by atoms with E-state index < -0.39 is 0 Å². The minimum atomic E-state index is -0.0538. The molecule has 0 amide bonds. The van der Waals surface area contributed by atoms with Crippen molar-refractivity contribution < 1.29 is 5.11 Å². The third-order valence-corrected chi connectivity index (χ3v) is 3.90. The molecule has 1 nitrogen and oxygen atoms in total. The zero-order chi connectivity index (χ0) is 10.4. The van der Waals surface area contributed by atoms with Gasteiger partial charge in [-0.1, -0.05) is 52.4 Å². The monoisotopic (exact) mass is 198 g/mol. The number of hydrogen-bond acceptors (Lipinski definition) is 1. The van der Waals surface area contributed by atoms with Crippen molar-refractivity contribution in [3.63, 3.8) is 0 Å². The maximum Gasteiger partial charge on any atom is 0.0565 e. The smallest absolute Gasteiger partial charge is 0.0565 e. The summed E-state index contributed by atoms with van der Waals surface area (Å²) in [6.07, 6.45) is 10.4. The molecular weight excluding hydrogens is 172 g/mol. The molecule has 1 fully saturated rings. The second-order valence-corrected chi connectivity index (χ2v) is 5.03. The van der Waals surface area contributed by atoms with E-state index in [4.69, 9.17) is 0 Å². The Balaban J connectivity index is 2.12. The highest BCUT2D eigenvalue weighted by Gasteiger charge is 2.17. The molecule has 2 atom stereocenters. The molecule has 1 saturated carbocycles. The van der Waals surface area contributed by atoms with Crippen LogP contribution in [0.2, 0.25) is 0 Å². The molecule has 84 valence electrons. The van der Waals surface area contributed by atoms with Crippen molar-refractivity contribution in [3.05, 3.63) is 0 Å². The molecule has 0 heterocycles. The van der Waals surface area contributed by atoms with Gasteiger partial charge in [0.05, 0.1) is 6.10 Å². The Morgan fingerprint density at radius 3 is 2.43 bits per heavy atom. The zero-order valence-corrected chi connectivity index (χ0v) is 9.84. The first-order valence-corrected chi connectivity index (χ1v) is 6.42. The van der Waals surface area contributed by atoms with Gasteiger partial charge < -0.3 is 5.11 Å². The Kier molecular flexibility index (Phi) is 5.54. The molecule has 0 radical (unpaired) electrons. The average molecular weight is 198 g/mol. The van der Waals surface area contributed by atoms with Gasteiger partial charge in [0.25, 0.3) is 0 Å². The van der Waals surface area contributed by atoms with Crippen LogP contribution in [0.4, 0.5) is 0 Å². The number of hydrogen-bond donors (Lipinski definition) is 1. The molecule has 0 aliphatic heterocycles. The van der Waals surface area contributed by atoms with Crippen LogP contribution < -0.4 is 0 Å². The molecule has 1 N–H and O–H groups in total. The molecule has 1 aliphatic rings. The lowest BCUT2D eigenvalue weighted by atomic mass is 9.84. The molecule has 2 unspecified atom stereocenters. The van der Waals surface area contributed by atoms with Gasteiger partial charge in [0.2, 0.25) is 0 Å². The lowest BCUT2D eigenvalue weighted by molar-refractivity contribution is 0.0952. The summed E-state index contributed by atoms with van der Waals surface area (Å²) in [7, 11) is 0. The van der Waals surface area contributed by atoms with Crippen molar-refractivity contribution in [3.8, 4) is 0 Å². The second-order valence-electron chi connectivity index (χ2n) is 5.03. The molecule has 0 aromatic rings. The molecule has 0 aromatic carbocycles. The highest BCUT2D eigenvalue weighted by Crippen LogP contribution is 2.28. The van der Waals surface area contributed by atoms with Gasteiger partial charge in [0, 0.05) is 0 Å². The van der Waals surface area contributed by atoms with Crippen LogP contribution in [-0.2, 0) is 0 Å². The fraction of sp³-hybridized carbons (Fsp3) is 1.00. The zero-order valence-electron chi connectivity index (χ0n) is 9.84. The quantitative estimate of drug-likeness (QED) is 0.713. The summed E-state index contributed by atoms with van der Waals surface area (Å²) < 4.78 is 0. The molecule has 1 aliphatic carbocycles. The van der Waals surface area contributed by atoms with Crippen molar-refractivity contribution in [1.82, 2.24) is 0 Å². The van der Waals surface area contributed by atoms with E-state index in [1.54, 1.807) is 0 Å². The van der Waals surface area contributed by atoms with E-state index in [0.717, 1.165) is 18.8 Å². The van der Waals surface area contributed by atoms with E-state index in [-0.39, 0.29) is 6.10 Å². The summed E-state index contributed by atoms with van der Waals surface area (Å²) >= 11 is 0. The predicted molar refractivity (Wildman–Crippen MR) is 61.3 cm³/mol. The highest BCUT2D eigenvalue weighted by molar-refractivity contribution is 4.70. The molecule has 1 rings (SSSR count). The van der Waals surface area contributed by atoms with Crippen LogP contribution in [0.25, 0.3) is 0 Å². The Bertz CT molecular complexity index is 136. The molecule has 1 heteroatoms. The maximum atomic E-state index is 9.85. The van der Waals surface area contributed by atoms with Gasteiger partial charge in [0.15, 0.2) is 0 Å². The third kappa shape index (κ3) is 4.00. The standard InChI is InChI=1S/C13H26O/c1-3-11(2)13(14)10-9-12-7-5-4-6-8-12/h11-14H,3-10H2,1-2H3. The van der Waals surface area contributed by atoms with Crippen molar-refractivity contribution in [2.45, 2.75) is 71.3 Å². The van der Waals surface area contributed by atoms with Crippen LogP contribution in [0.15, 0.2) is 0 Å². The van der Waals surface area contributed by atoms with Crippen LogP contribution in [-0.4, -0.2) is 11.2 Å². The molecule has 0 bridgehead atoms. The predicted octanol–water partition coefficient (Wildman–Crippen LogP) is 3.75. The van der Waals surface area contributed by atoms with Crippen LogP contribution >= 0.6 is 0 Å². The summed E-state index contributed by atoms with van der Waals surface area (Å²) in [6.45, 7) is 4.32. The molecule has 14 heavy (non-hydrogen) atoms. The molecular formula is C13H26O. The number of aliphatic hydroxyl groups is 1.